The number of piperidine rings is 1. The molecule has 1 aliphatic carbocycles. The highest BCUT2D eigenvalue weighted by atomic mass is 16.5. The number of imide groups is 2. The van der Waals surface area contributed by atoms with E-state index in [0.717, 1.165) is 52.9 Å². The van der Waals surface area contributed by atoms with E-state index in [1.807, 2.05) is 24.4 Å². The van der Waals surface area contributed by atoms with Crippen molar-refractivity contribution >= 4 is 40.3 Å². The monoisotopic (exact) mass is 792 g/mol. The first kappa shape index (κ1) is 38.7. The molecule has 0 bridgehead atoms. The maximum Gasteiger partial charge on any atom is 0.266 e. The van der Waals surface area contributed by atoms with Gasteiger partial charge in [-0.15, -0.1) is 0 Å². The molecule has 2 atom stereocenters. The Hall–Kier alpha value is -6.13. The molecule has 4 aliphatic rings. The van der Waals surface area contributed by atoms with Gasteiger partial charge in [0.15, 0.2) is 0 Å². The molecule has 5 amide bonds. The van der Waals surface area contributed by atoms with Crippen LogP contribution in [0.15, 0.2) is 59.8 Å². The molecule has 302 valence electrons. The van der Waals surface area contributed by atoms with Crippen molar-refractivity contribution in [1.29, 1.82) is 0 Å². The number of hydrogen-bond donors (Lipinski definition) is 2. The summed E-state index contributed by atoms with van der Waals surface area (Å²) in [4.78, 5) is 83.4. The van der Waals surface area contributed by atoms with Crippen molar-refractivity contribution in [2.24, 2.45) is 12.5 Å². The van der Waals surface area contributed by atoms with E-state index in [0.29, 0.717) is 23.4 Å². The number of ether oxygens (including phenoxy) is 4. The van der Waals surface area contributed by atoms with E-state index in [-0.39, 0.29) is 78.9 Å². The lowest BCUT2D eigenvalue weighted by molar-refractivity contribution is -0.136. The van der Waals surface area contributed by atoms with Gasteiger partial charge < -0.3 is 28.8 Å². The first-order chi connectivity index (χ1) is 28.0. The number of aromatic nitrogens is 2. The maximum atomic E-state index is 13.3. The second-order valence-electron chi connectivity index (χ2n) is 15.2. The minimum atomic E-state index is -1.07. The van der Waals surface area contributed by atoms with Gasteiger partial charge in [0.25, 0.3) is 17.4 Å². The summed E-state index contributed by atoms with van der Waals surface area (Å²) in [5.41, 5.74) is 2.74. The van der Waals surface area contributed by atoms with Crippen molar-refractivity contribution in [3.8, 4) is 28.4 Å². The normalized spacial score (nSPS) is 19.7. The standard InChI is InChI=1S/C42H44N6O10/c1-46-20-28(25-10-13-43-19-27(25)39(46)52)24-17-32(55-2)29(33(18-24)56-3)21-47-22-42(23-47)12-9-34(42)44-36(50)11-14-57-15-16-58-31-6-4-5-26-37(31)41(54)48(40(26)53)30-7-8-35(49)45-38(30)51/h4-6,10,13,17-20,30,34H,7-9,11-12,14-16,21-23H2,1-3H3,(H,44,50)(H,45,49,51). The van der Waals surface area contributed by atoms with E-state index in [1.165, 1.54) is 6.07 Å². The van der Waals surface area contributed by atoms with Crippen molar-refractivity contribution < 1.29 is 42.9 Å². The molecule has 8 rings (SSSR count). The number of nitrogens with zero attached hydrogens (tertiary/aromatic N) is 4. The van der Waals surface area contributed by atoms with Crippen molar-refractivity contribution in [2.75, 3.05) is 47.1 Å². The van der Waals surface area contributed by atoms with Gasteiger partial charge in [-0.3, -0.25) is 48.9 Å². The van der Waals surface area contributed by atoms with Gasteiger partial charge in [-0.1, -0.05) is 6.07 Å². The number of likely N-dealkylation sites (tertiary alicyclic amines) is 1. The summed E-state index contributed by atoms with van der Waals surface area (Å²) in [6, 6.07) is 9.46. The third-order valence-corrected chi connectivity index (χ3v) is 11.8. The largest absolute Gasteiger partial charge is 0.496 e. The molecule has 16 heteroatoms. The topological polar surface area (TPSA) is 188 Å². The molecule has 2 aromatic carbocycles. The van der Waals surface area contributed by atoms with Crippen LogP contribution in [0.25, 0.3) is 21.9 Å². The number of methoxy groups -OCH3 is 2. The Labute approximate surface area is 333 Å². The fraction of sp³-hybridized carbons (Fsp3) is 0.405. The number of carbonyl (C=O) groups is 5. The van der Waals surface area contributed by atoms with E-state index in [4.69, 9.17) is 18.9 Å². The summed E-state index contributed by atoms with van der Waals surface area (Å²) in [6.07, 6.45) is 7.27. The maximum absolute atomic E-state index is 13.3. The summed E-state index contributed by atoms with van der Waals surface area (Å²) in [7, 11) is 4.99. The molecule has 1 spiro atoms. The molecule has 2 saturated heterocycles. The lowest BCUT2D eigenvalue weighted by atomic mass is 9.59. The van der Waals surface area contributed by atoms with Crippen LogP contribution in [0.3, 0.4) is 0 Å². The first-order valence-electron chi connectivity index (χ1n) is 19.3. The van der Waals surface area contributed by atoms with Gasteiger partial charge in [-0.25, -0.2) is 0 Å². The summed E-state index contributed by atoms with van der Waals surface area (Å²) >= 11 is 0. The molecule has 0 radical (unpaired) electrons. The van der Waals surface area contributed by atoms with Gasteiger partial charge in [0.1, 0.15) is 29.9 Å². The Morgan fingerprint density at radius 3 is 2.41 bits per heavy atom. The van der Waals surface area contributed by atoms with E-state index >= 15 is 0 Å². The van der Waals surface area contributed by atoms with Gasteiger partial charge >= 0.3 is 0 Å². The zero-order valence-corrected chi connectivity index (χ0v) is 32.5. The molecular weight excluding hydrogens is 748 g/mol. The van der Waals surface area contributed by atoms with Gasteiger partial charge in [-0.2, -0.15) is 0 Å². The van der Waals surface area contributed by atoms with Crippen LogP contribution in [0.2, 0.25) is 0 Å². The fourth-order valence-corrected chi connectivity index (χ4v) is 8.67. The minimum absolute atomic E-state index is 0.00902. The smallest absolute Gasteiger partial charge is 0.266 e. The zero-order chi connectivity index (χ0) is 40.7. The van der Waals surface area contributed by atoms with Gasteiger partial charge in [0.2, 0.25) is 17.7 Å². The number of rotatable bonds is 14. The van der Waals surface area contributed by atoms with E-state index in [9.17, 15) is 28.8 Å². The molecule has 3 fully saturated rings. The van der Waals surface area contributed by atoms with Crippen LogP contribution in [0, 0.1) is 5.41 Å². The highest BCUT2D eigenvalue weighted by Gasteiger charge is 2.55. The Morgan fingerprint density at radius 2 is 1.71 bits per heavy atom. The molecule has 1 saturated carbocycles. The number of pyridine rings is 2. The number of benzene rings is 2. The first-order valence-corrected chi connectivity index (χ1v) is 19.3. The summed E-state index contributed by atoms with van der Waals surface area (Å²) in [6.45, 7) is 2.64. The van der Waals surface area contributed by atoms with Gasteiger partial charge in [-0.05, 0) is 60.5 Å². The van der Waals surface area contributed by atoms with Crippen LogP contribution in [0.1, 0.15) is 58.4 Å². The number of aryl methyl sites for hydroxylation is 1. The predicted molar refractivity (Wildman–Crippen MR) is 208 cm³/mol. The van der Waals surface area contributed by atoms with Gasteiger partial charge in [0.05, 0.1) is 49.5 Å². The third-order valence-electron chi connectivity index (χ3n) is 11.8. The van der Waals surface area contributed by atoms with Crippen LogP contribution < -0.4 is 30.4 Å². The van der Waals surface area contributed by atoms with Crippen molar-refractivity contribution in [1.82, 2.24) is 30.0 Å². The Bertz CT molecular complexity index is 2380. The third kappa shape index (κ3) is 6.95. The number of nitrogens with one attached hydrogen (secondary N) is 2. The second kappa shape index (κ2) is 15.7. The Morgan fingerprint density at radius 1 is 0.931 bits per heavy atom. The molecule has 3 aliphatic heterocycles. The quantitative estimate of drug-likeness (QED) is 0.141. The van der Waals surface area contributed by atoms with E-state index in [2.05, 4.69) is 20.5 Å². The average molecular weight is 793 g/mol. The van der Waals surface area contributed by atoms with Crippen LogP contribution in [0.5, 0.6) is 17.2 Å². The SMILES string of the molecule is COc1cc(-c2cn(C)c(=O)c3cnccc23)cc(OC)c1CN1CC2(CCC2NC(=O)CCOCCOc2cccc3c2C(=O)N(C2CCC(=O)NC2=O)C3=O)C1. The van der Waals surface area contributed by atoms with Crippen molar-refractivity contribution in [2.45, 2.75) is 50.7 Å². The average Bonchev–Trinajstić information content (AvgIpc) is 3.46. The van der Waals surface area contributed by atoms with E-state index < -0.39 is 29.7 Å². The lowest BCUT2D eigenvalue weighted by Gasteiger charge is -2.61. The van der Waals surface area contributed by atoms with Crippen molar-refractivity contribution in [3.05, 3.63) is 82.0 Å². The Kier molecular flexibility index (Phi) is 10.5. The Balaban J connectivity index is 0.804. The molecule has 58 heavy (non-hydrogen) atoms. The molecule has 2 aromatic heterocycles. The number of carbonyl (C=O) groups excluding carboxylic acids is 5. The molecule has 2 unspecified atom stereocenters. The number of amides is 5. The number of hydrogen-bond acceptors (Lipinski definition) is 12. The fourth-order valence-electron chi connectivity index (χ4n) is 8.67. The summed E-state index contributed by atoms with van der Waals surface area (Å²) in [5, 5.41) is 6.72. The highest BCUT2D eigenvalue weighted by Crippen LogP contribution is 2.50. The molecule has 4 aromatic rings. The highest BCUT2D eigenvalue weighted by molar-refractivity contribution is 6.24. The predicted octanol–water partition coefficient (Wildman–Crippen LogP) is 2.59. The van der Waals surface area contributed by atoms with Crippen LogP contribution in [0.4, 0.5) is 0 Å². The minimum Gasteiger partial charge on any atom is -0.496 e. The molecular formula is C42H44N6O10. The van der Waals surface area contributed by atoms with Gasteiger partial charge in [0, 0.05) is 75.1 Å². The van der Waals surface area contributed by atoms with Crippen LogP contribution in [-0.2, 0) is 32.7 Å². The summed E-state index contributed by atoms with van der Waals surface area (Å²) < 4.78 is 24.8. The molecule has 16 nitrogen and oxygen atoms in total. The van der Waals surface area contributed by atoms with Crippen LogP contribution in [-0.4, -0.2) is 108 Å². The summed E-state index contributed by atoms with van der Waals surface area (Å²) in [5.74, 6) is -0.911. The van der Waals surface area contributed by atoms with Crippen LogP contribution >= 0.6 is 0 Å². The lowest BCUT2D eigenvalue weighted by Crippen LogP contribution is -2.70. The second-order valence-corrected chi connectivity index (χ2v) is 15.2. The molecule has 5 heterocycles. The molecule has 2 N–H and O–H groups in total. The van der Waals surface area contributed by atoms with E-state index in [1.54, 1.807) is 50.4 Å². The number of fused-ring (bicyclic) bond motifs is 2. The van der Waals surface area contributed by atoms with Crippen molar-refractivity contribution in [3.63, 3.8) is 0 Å². The zero-order valence-electron chi connectivity index (χ0n) is 32.5.